The minimum atomic E-state index is -1.03. The molecule has 0 unspecified atom stereocenters. The van der Waals surface area contributed by atoms with Crippen LogP contribution in [0.15, 0.2) is 133 Å². The zero-order valence-electron chi connectivity index (χ0n) is 43.5. The number of carboxylic acid groups (broad SMARTS) is 1. The fraction of sp³-hybridized carbons (Fsp3) is 0.273. The number of carbonyl (C=O) groups excluding carboxylic acids is 3. The Balaban J connectivity index is -0.000000941. The zero-order valence-corrected chi connectivity index (χ0v) is 47.9. The van der Waals surface area contributed by atoms with Gasteiger partial charge in [-0.3, -0.25) is 10.1 Å². The van der Waals surface area contributed by atoms with E-state index in [4.69, 9.17) is 44.7 Å². The van der Waals surface area contributed by atoms with Gasteiger partial charge < -0.3 is 46.2 Å². The molecule has 6 aromatic rings. The smallest absolute Gasteiger partial charge is 1.00 e. The van der Waals surface area contributed by atoms with E-state index < -0.39 is 39.6 Å². The molecule has 0 aliphatic carbocycles. The standard InChI is InChI=1S/C18H19NO5.C18H21NO3.C11H14O3.C7H6O3.CH4.HI.K.H2.H/c1-12-10-14(19(21)22)8-9-16(12)23-15-7-5-6-13(11-15)17(20)24-18(2,3)4;1-12-10-14(19)8-9-16(12)21-15-7-5-6-13(11-15)17(20)22-18(2,3)4;1-11(2,3)14-10(13)8-5-4-6-9(12)7-8;8-6-3-1-2-5(4-6)7(9)10;;;;;/h5-11H,1-4H3;5-11H,19H2,1-4H3;4-7,12H,1-3H3;1-4,8H,(H,9,10);1H4;1H;;1H;/q;;;;;;+1;;-1. The van der Waals surface area contributed by atoms with E-state index in [1.807, 2.05) is 39.8 Å². The molecule has 0 atom stereocenters. The maximum Gasteiger partial charge on any atom is 1.00 e. The summed E-state index contributed by atoms with van der Waals surface area (Å²) in [6.45, 7) is 19.9. The molecule has 0 fully saturated rings. The molecule has 0 bridgehead atoms. The van der Waals surface area contributed by atoms with Gasteiger partial charge >= 0.3 is 75.3 Å². The van der Waals surface area contributed by atoms with Crippen molar-refractivity contribution in [2.45, 2.75) is 100 Å². The average molecular weight is 1150 g/mol. The quantitative estimate of drug-likeness (QED) is 0.0200. The number of rotatable bonds is 9. The van der Waals surface area contributed by atoms with Crippen LogP contribution in [0.1, 0.15) is 125 Å². The van der Waals surface area contributed by atoms with Gasteiger partial charge in [0.25, 0.3) is 5.69 Å². The Morgan fingerprint density at radius 3 is 1.22 bits per heavy atom. The van der Waals surface area contributed by atoms with Crippen LogP contribution in [0.2, 0.25) is 0 Å². The second-order valence-electron chi connectivity index (χ2n) is 18.4. The molecule has 0 radical (unpaired) electrons. The molecule has 0 saturated carbocycles. The van der Waals surface area contributed by atoms with Gasteiger partial charge in [-0.1, -0.05) is 31.7 Å². The molecule has 6 rings (SSSR count). The van der Waals surface area contributed by atoms with Crippen molar-refractivity contribution in [3.63, 3.8) is 0 Å². The summed E-state index contributed by atoms with van der Waals surface area (Å²) in [4.78, 5) is 56.2. The monoisotopic (exact) mass is 1150 g/mol. The summed E-state index contributed by atoms with van der Waals surface area (Å²) in [5, 5.41) is 37.1. The van der Waals surface area contributed by atoms with E-state index in [2.05, 4.69) is 0 Å². The molecule has 0 aliphatic rings. The molecule has 73 heavy (non-hydrogen) atoms. The SMILES string of the molecule is C.CC(C)(C)OC(=O)c1cccc(O)c1.Cc1cc(N)ccc1Oc1cccc(C(=O)OC(C)(C)C)c1.Cc1cc([N+](=O)[O-])ccc1Oc1cccc(C(=O)OC(C)(C)C)c1.I.O=C(O)c1cccc(O)c1.[H-].[HH].[K+]. The van der Waals surface area contributed by atoms with Crippen LogP contribution in [0.25, 0.3) is 0 Å². The van der Waals surface area contributed by atoms with E-state index in [1.165, 1.54) is 54.6 Å². The molecule has 0 amide bonds. The summed E-state index contributed by atoms with van der Waals surface area (Å²) in [7, 11) is 0. The van der Waals surface area contributed by atoms with E-state index in [0.29, 0.717) is 50.9 Å². The van der Waals surface area contributed by atoms with Crippen LogP contribution in [-0.2, 0) is 14.2 Å². The number of carboxylic acids is 1. The molecular weight excluding hydrogens is 1080 g/mol. The second-order valence-corrected chi connectivity index (χ2v) is 18.4. The van der Waals surface area contributed by atoms with E-state index in [9.17, 15) is 29.3 Å². The number of non-ortho nitro benzene ring substituents is 1. The van der Waals surface area contributed by atoms with Crippen molar-refractivity contribution in [2.75, 3.05) is 5.73 Å². The van der Waals surface area contributed by atoms with E-state index >= 15 is 0 Å². The van der Waals surface area contributed by atoms with Crippen LogP contribution in [-0.4, -0.2) is 60.9 Å². The first-order chi connectivity index (χ1) is 32.5. The van der Waals surface area contributed by atoms with Gasteiger partial charge in [-0.15, -0.1) is 24.0 Å². The van der Waals surface area contributed by atoms with Crippen LogP contribution < -0.4 is 66.6 Å². The van der Waals surface area contributed by atoms with E-state index in [0.717, 1.165) is 5.56 Å². The van der Waals surface area contributed by atoms with E-state index in [-0.39, 0.29) is 114 Å². The van der Waals surface area contributed by atoms with Gasteiger partial charge in [-0.2, -0.15) is 0 Å². The number of nitrogens with zero attached hydrogens (tertiary/aromatic N) is 1. The number of aromatic hydroxyl groups is 2. The maximum absolute atomic E-state index is 12.1. The van der Waals surface area contributed by atoms with Gasteiger partial charge in [0.2, 0.25) is 0 Å². The number of aromatic carboxylic acids is 1. The summed E-state index contributed by atoms with van der Waals surface area (Å²) in [5.74, 6) is 0.00179. The minimum absolute atomic E-state index is 0. The Bertz CT molecular complexity index is 2810. The Labute approximate surface area is 489 Å². The number of nitrogens with two attached hydrogens (primary N) is 1. The third-order valence-corrected chi connectivity index (χ3v) is 8.54. The molecule has 18 heteroatoms. The molecular formula is C55H68IKN2O14. The first kappa shape index (κ1) is 67.0. The molecule has 0 heterocycles. The number of phenolic OH excluding ortho intramolecular Hbond substituents is 2. The van der Waals surface area contributed by atoms with Crippen LogP contribution in [0.3, 0.4) is 0 Å². The van der Waals surface area contributed by atoms with E-state index in [1.54, 1.807) is 115 Å². The minimum Gasteiger partial charge on any atom is -1.00 e. The summed E-state index contributed by atoms with van der Waals surface area (Å²) in [6.07, 6.45) is 0. The summed E-state index contributed by atoms with van der Waals surface area (Å²) < 4.78 is 27.4. The molecule has 6 aromatic carbocycles. The van der Waals surface area contributed by atoms with Crippen LogP contribution in [0.5, 0.6) is 34.5 Å². The van der Waals surface area contributed by atoms with Gasteiger partial charge in [0, 0.05) is 19.2 Å². The number of hydrogen-bond acceptors (Lipinski definition) is 14. The number of hydrogen-bond donors (Lipinski definition) is 4. The summed E-state index contributed by atoms with van der Waals surface area (Å²) in [6, 6.07) is 35.0. The van der Waals surface area contributed by atoms with Crippen molar-refractivity contribution < 1.29 is 117 Å². The Morgan fingerprint density at radius 2 is 0.890 bits per heavy atom. The molecule has 0 saturated heterocycles. The van der Waals surface area contributed by atoms with Crippen molar-refractivity contribution >= 4 is 59.2 Å². The Morgan fingerprint density at radius 1 is 0.548 bits per heavy atom. The van der Waals surface area contributed by atoms with Crippen LogP contribution >= 0.6 is 24.0 Å². The Kier molecular flexibility index (Phi) is 27.7. The number of anilines is 1. The topological polar surface area (TPSA) is 244 Å². The predicted molar refractivity (Wildman–Crippen MR) is 291 cm³/mol. The Hall–Kier alpha value is -6.03. The zero-order chi connectivity index (χ0) is 52.6. The average Bonchev–Trinajstić information content (AvgIpc) is 3.24. The second kappa shape index (κ2) is 30.2. The number of nitro benzene ring substituents is 1. The molecule has 0 spiro atoms. The molecule has 5 N–H and O–H groups in total. The number of aryl methyl sites for hydroxylation is 2. The molecule has 16 nitrogen and oxygen atoms in total. The summed E-state index contributed by atoms with van der Waals surface area (Å²) >= 11 is 0. The van der Waals surface area contributed by atoms with Gasteiger partial charge in [0.15, 0.2) is 0 Å². The third-order valence-electron chi connectivity index (χ3n) is 8.54. The largest absolute Gasteiger partial charge is 1.00 e. The molecule has 390 valence electrons. The fourth-order valence-corrected chi connectivity index (χ4v) is 5.56. The van der Waals surface area contributed by atoms with Crippen molar-refractivity contribution in [1.82, 2.24) is 0 Å². The predicted octanol–water partition coefficient (Wildman–Crippen LogP) is 11.0. The number of nitrogen functional groups attached to an aromatic ring is 1. The number of carbonyl (C=O) groups is 4. The first-order valence-corrected chi connectivity index (χ1v) is 21.7. The van der Waals surface area contributed by atoms with Crippen molar-refractivity contribution in [3.8, 4) is 34.5 Å². The number of ether oxygens (including phenoxy) is 5. The number of phenols is 2. The maximum atomic E-state index is 12.1. The van der Waals surface area contributed by atoms with Gasteiger partial charge in [-0.25, -0.2) is 19.2 Å². The number of benzene rings is 6. The van der Waals surface area contributed by atoms with Gasteiger partial charge in [0.05, 0.1) is 27.2 Å². The third kappa shape index (κ3) is 25.5. The number of halogens is 1. The fourth-order valence-electron chi connectivity index (χ4n) is 5.56. The van der Waals surface area contributed by atoms with Crippen LogP contribution in [0.4, 0.5) is 11.4 Å². The molecule has 0 aromatic heterocycles. The van der Waals surface area contributed by atoms with Crippen molar-refractivity contribution in [2.24, 2.45) is 0 Å². The normalized spacial score (nSPS) is 10.3. The summed E-state index contributed by atoms with van der Waals surface area (Å²) in [5.41, 5.74) is 7.66. The van der Waals surface area contributed by atoms with Crippen LogP contribution in [0, 0.1) is 24.0 Å². The van der Waals surface area contributed by atoms with Gasteiger partial charge in [-0.05, 0) is 184 Å². The molecule has 0 aliphatic heterocycles. The number of nitro groups is 1. The van der Waals surface area contributed by atoms with Crippen molar-refractivity contribution in [3.05, 3.63) is 177 Å². The van der Waals surface area contributed by atoms with Gasteiger partial charge in [0.1, 0.15) is 51.3 Å². The number of esters is 3. The first-order valence-electron chi connectivity index (χ1n) is 21.7. The van der Waals surface area contributed by atoms with Crippen molar-refractivity contribution in [1.29, 1.82) is 0 Å².